The molecule has 2 N–H and O–H groups in total. The van der Waals surface area contributed by atoms with Crippen LogP contribution in [-0.4, -0.2) is 15.7 Å². The van der Waals surface area contributed by atoms with Gasteiger partial charge in [-0.3, -0.25) is 0 Å². The molecular formula is C13H14F3N3. The highest BCUT2D eigenvalue weighted by Gasteiger charge is 2.34. The number of hydrogen-bond donors (Lipinski definition) is 1. The monoisotopic (exact) mass is 269 g/mol. The van der Waals surface area contributed by atoms with Gasteiger partial charge in [-0.25, -0.2) is 4.98 Å². The van der Waals surface area contributed by atoms with Crippen LogP contribution >= 0.6 is 0 Å². The summed E-state index contributed by atoms with van der Waals surface area (Å²) in [4.78, 5) is 4.16. The number of fused-ring (bicyclic) bond motifs is 1. The second-order valence-corrected chi connectivity index (χ2v) is 4.95. The molecule has 0 bridgehead atoms. The topological polar surface area (TPSA) is 43.8 Å². The van der Waals surface area contributed by atoms with Gasteiger partial charge in [0.25, 0.3) is 0 Å². The molecule has 0 atom stereocenters. The maximum absolute atomic E-state index is 12.6. The van der Waals surface area contributed by atoms with Crippen molar-refractivity contribution >= 4 is 11.0 Å². The molecular weight excluding hydrogens is 255 g/mol. The average Bonchev–Trinajstić information content (AvgIpc) is 3.09. The molecule has 0 spiro atoms. The molecule has 6 heteroatoms. The molecule has 1 fully saturated rings. The highest BCUT2D eigenvalue weighted by molar-refractivity contribution is 5.77. The van der Waals surface area contributed by atoms with Gasteiger partial charge in [0, 0.05) is 12.6 Å². The summed E-state index contributed by atoms with van der Waals surface area (Å²) in [5, 5.41) is 0. The fourth-order valence-electron chi connectivity index (χ4n) is 2.37. The Morgan fingerprint density at radius 3 is 2.63 bits per heavy atom. The van der Waals surface area contributed by atoms with Crippen molar-refractivity contribution in [1.82, 2.24) is 9.55 Å². The minimum absolute atomic E-state index is 0.110. The normalized spacial score (nSPS) is 16.2. The summed E-state index contributed by atoms with van der Waals surface area (Å²) in [7, 11) is 0. The van der Waals surface area contributed by atoms with Gasteiger partial charge in [-0.15, -0.1) is 0 Å². The molecule has 19 heavy (non-hydrogen) atoms. The van der Waals surface area contributed by atoms with Crippen LogP contribution in [0.4, 0.5) is 13.2 Å². The minimum atomic E-state index is -4.23. The molecule has 0 saturated heterocycles. The molecule has 1 aromatic heterocycles. The molecule has 1 saturated carbocycles. The Morgan fingerprint density at radius 1 is 1.32 bits per heavy atom. The minimum Gasteiger partial charge on any atom is -0.326 e. The second kappa shape index (κ2) is 4.23. The lowest BCUT2D eigenvalue weighted by Gasteiger charge is -2.09. The van der Waals surface area contributed by atoms with Gasteiger partial charge in [0.15, 0.2) is 0 Å². The Balaban J connectivity index is 2.11. The SMILES string of the molecule is NCc1ccc2c(c1)nc(CC(F)(F)F)n2C1CC1. The maximum Gasteiger partial charge on any atom is 0.396 e. The van der Waals surface area contributed by atoms with Crippen LogP contribution in [0, 0.1) is 0 Å². The van der Waals surface area contributed by atoms with Crippen molar-refractivity contribution in [1.29, 1.82) is 0 Å². The van der Waals surface area contributed by atoms with Crippen molar-refractivity contribution in [3.8, 4) is 0 Å². The molecule has 3 rings (SSSR count). The van der Waals surface area contributed by atoms with Crippen molar-refractivity contribution in [2.45, 2.75) is 38.0 Å². The van der Waals surface area contributed by atoms with E-state index in [-0.39, 0.29) is 11.9 Å². The second-order valence-electron chi connectivity index (χ2n) is 4.95. The predicted molar refractivity (Wildman–Crippen MR) is 65.7 cm³/mol. The van der Waals surface area contributed by atoms with Crippen molar-refractivity contribution in [2.75, 3.05) is 0 Å². The number of alkyl halides is 3. The number of nitrogens with two attached hydrogens (primary N) is 1. The first kappa shape index (κ1) is 12.5. The summed E-state index contributed by atoms with van der Waals surface area (Å²) in [5.74, 6) is 0.110. The van der Waals surface area contributed by atoms with Crippen molar-refractivity contribution in [3.05, 3.63) is 29.6 Å². The Morgan fingerprint density at radius 2 is 2.05 bits per heavy atom. The van der Waals surface area contributed by atoms with E-state index in [0.717, 1.165) is 23.9 Å². The number of halogens is 3. The van der Waals surface area contributed by atoms with Gasteiger partial charge in [0.2, 0.25) is 0 Å². The summed E-state index contributed by atoms with van der Waals surface area (Å²) in [5.41, 5.74) is 7.81. The summed E-state index contributed by atoms with van der Waals surface area (Å²) >= 11 is 0. The molecule has 0 amide bonds. The fourth-order valence-corrected chi connectivity index (χ4v) is 2.37. The highest BCUT2D eigenvalue weighted by Crippen LogP contribution is 2.39. The van der Waals surface area contributed by atoms with Crippen LogP contribution in [0.15, 0.2) is 18.2 Å². The first-order valence-corrected chi connectivity index (χ1v) is 6.24. The molecule has 1 heterocycles. The van der Waals surface area contributed by atoms with E-state index >= 15 is 0 Å². The van der Waals surface area contributed by atoms with Gasteiger partial charge in [0.05, 0.1) is 11.0 Å². The Labute approximate surface area is 108 Å². The number of imidazole rings is 1. The molecule has 1 aromatic carbocycles. The van der Waals surface area contributed by atoms with E-state index in [1.807, 2.05) is 12.1 Å². The van der Waals surface area contributed by atoms with E-state index in [1.54, 1.807) is 10.6 Å². The van der Waals surface area contributed by atoms with Crippen LogP contribution < -0.4 is 5.73 Å². The lowest BCUT2D eigenvalue weighted by molar-refractivity contribution is -0.128. The third kappa shape index (κ3) is 2.45. The quantitative estimate of drug-likeness (QED) is 0.931. The van der Waals surface area contributed by atoms with Gasteiger partial charge in [-0.05, 0) is 30.5 Å². The molecule has 0 unspecified atom stereocenters. The summed E-state index contributed by atoms with van der Waals surface area (Å²) < 4.78 is 39.6. The third-order valence-corrected chi connectivity index (χ3v) is 3.33. The number of aromatic nitrogens is 2. The third-order valence-electron chi connectivity index (χ3n) is 3.33. The summed E-state index contributed by atoms with van der Waals surface area (Å²) in [6.07, 6.45) is -3.36. The maximum atomic E-state index is 12.6. The smallest absolute Gasteiger partial charge is 0.326 e. The van der Waals surface area contributed by atoms with Crippen molar-refractivity contribution in [2.24, 2.45) is 5.73 Å². The van der Waals surface area contributed by atoms with Crippen molar-refractivity contribution < 1.29 is 13.2 Å². The first-order chi connectivity index (χ1) is 8.98. The van der Waals surface area contributed by atoms with Crippen LogP contribution in [0.2, 0.25) is 0 Å². The van der Waals surface area contributed by atoms with E-state index in [9.17, 15) is 13.2 Å². The van der Waals surface area contributed by atoms with Crippen LogP contribution in [0.1, 0.15) is 30.3 Å². The number of nitrogens with zero attached hydrogens (tertiary/aromatic N) is 2. The van der Waals surface area contributed by atoms with E-state index in [4.69, 9.17) is 5.73 Å². The highest BCUT2D eigenvalue weighted by atomic mass is 19.4. The predicted octanol–water partition coefficient (Wildman–Crippen LogP) is 2.93. The Hall–Kier alpha value is -1.56. The molecule has 2 aromatic rings. The van der Waals surface area contributed by atoms with Crippen LogP contribution in [-0.2, 0) is 13.0 Å². The lowest BCUT2D eigenvalue weighted by Crippen LogP contribution is -2.16. The molecule has 1 aliphatic rings. The van der Waals surface area contributed by atoms with Crippen LogP contribution in [0.5, 0.6) is 0 Å². The zero-order valence-electron chi connectivity index (χ0n) is 10.2. The van der Waals surface area contributed by atoms with Crippen molar-refractivity contribution in [3.63, 3.8) is 0 Å². The zero-order chi connectivity index (χ0) is 13.6. The first-order valence-electron chi connectivity index (χ1n) is 6.24. The molecule has 0 radical (unpaired) electrons. The largest absolute Gasteiger partial charge is 0.396 e. The molecule has 0 aliphatic heterocycles. The Bertz CT molecular complexity index is 611. The Kier molecular flexibility index (Phi) is 2.78. The van der Waals surface area contributed by atoms with E-state index in [0.29, 0.717) is 12.1 Å². The average molecular weight is 269 g/mol. The fraction of sp³-hybridized carbons (Fsp3) is 0.462. The number of hydrogen-bond acceptors (Lipinski definition) is 2. The molecule has 102 valence electrons. The molecule has 1 aliphatic carbocycles. The van der Waals surface area contributed by atoms with Gasteiger partial charge in [0.1, 0.15) is 12.2 Å². The molecule has 3 nitrogen and oxygen atoms in total. The lowest BCUT2D eigenvalue weighted by atomic mass is 10.2. The van der Waals surface area contributed by atoms with E-state index in [1.165, 1.54) is 0 Å². The van der Waals surface area contributed by atoms with E-state index in [2.05, 4.69) is 4.98 Å². The van der Waals surface area contributed by atoms with Gasteiger partial charge >= 0.3 is 6.18 Å². The van der Waals surface area contributed by atoms with Gasteiger partial charge in [-0.1, -0.05) is 6.07 Å². The van der Waals surface area contributed by atoms with Gasteiger partial charge < -0.3 is 10.3 Å². The standard InChI is InChI=1S/C13H14F3N3/c14-13(15,16)6-12-18-10-5-8(7-17)1-4-11(10)19(12)9-2-3-9/h1,4-5,9H,2-3,6-7,17H2. The number of benzene rings is 1. The summed E-state index contributed by atoms with van der Waals surface area (Å²) in [6.45, 7) is 0.362. The zero-order valence-corrected chi connectivity index (χ0v) is 10.2. The van der Waals surface area contributed by atoms with E-state index < -0.39 is 12.6 Å². The van der Waals surface area contributed by atoms with Crippen LogP contribution in [0.3, 0.4) is 0 Å². The van der Waals surface area contributed by atoms with Gasteiger partial charge in [-0.2, -0.15) is 13.2 Å². The van der Waals surface area contributed by atoms with Crippen LogP contribution in [0.25, 0.3) is 11.0 Å². The summed E-state index contributed by atoms with van der Waals surface area (Å²) in [6, 6.07) is 5.61. The number of rotatable bonds is 3.